The van der Waals surface area contributed by atoms with Crippen molar-refractivity contribution in [2.24, 2.45) is 0 Å². The van der Waals surface area contributed by atoms with E-state index in [0.717, 1.165) is 24.8 Å². The molecular formula is C13H18OSi. The minimum atomic E-state index is -1.38. The molecule has 80 valence electrons. The first-order valence-electron chi connectivity index (χ1n) is 5.66. The van der Waals surface area contributed by atoms with Gasteiger partial charge in [-0.25, -0.2) is 0 Å². The predicted molar refractivity (Wildman–Crippen MR) is 66.7 cm³/mol. The molecule has 0 fully saturated rings. The third kappa shape index (κ3) is 1.91. The van der Waals surface area contributed by atoms with Crippen LogP contribution in [0.1, 0.15) is 28.8 Å². The van der Waals surface area contributed by atoms with Crippen LogP contribution < -0.4 is 5.19 Å². The van der Waals surface area contributed by atoms with E-state index in [0.29, 0.717) is 5.78 Å². The zero-order valence-electron chi connectivity index (χ0n) is 9.76. The second kappa shape index (κ2) is 3.60. The van der Waals surface area contributed by atoms with Crippen molar-refractivity contribution in [3.8, 4) is 0 Å². The average Bonchev–Trinajstić information content (AvgIpc) is 2.16. The van der Waals surface area contributed by atoms with Crippen molar-refractivity contribution >= 4 is 19.0 Å². The van der Waals surface area contributed by atoms with Gasteiger partial charge in [-0.3, -0.25) is 4.79 Å². The standard InChI is InChI=1S/C13H18OSi/c1-15(2,3)12-9-5-7-10-6-4-8-11(14)13(10)12/h5,7,9H,4,6,8H2,1-3H3. The summed E-state index contributed by atoms with van der Waals surface area (Å²) < 4.78 is 0. The normalized spacial score (nSPS) is 16.3. The van der Waals surface area contributed by atoms with Crippen LogP contribution in [0, 0.1) is 0 Å². The van der Waals surface area contributed by atoms with Crippen molar-refractivity contribution in [2.75, 3.05) is 0 Å². The molecule has 2 rings (SSSR count). The van der Waals surface area contributed by atoms with Crippen molar-refractivity contribution in [3.63, 3.8) is 0 Å². The summed E-state index contributed by atoms with van der Waals surface area (Å²) in [7, 11) is -1.38. The molecule has 0 amide bonds. The Labute approximate surface area is 92.5 Å². The number of fused-ring (bicyclic) bond motifs is 1. The van der Waals surface area contributed by atoms with Gasteiger partial charge in [0.2, 0.25) is 0 Å². The maximum absolute atomic E-state index is 12.0. The molecule has 0 spiro atoms. The SMILES string of the molecule is C[Si](C)(C)c1cccc2c1C(=O)CCC2. The van der Waals surface area contributed by atoms with Gasteiger partial charge in [0.1, 0.15) is 0 Å². The lowest BCUT2D eigenvalue weighted by atomic mass is 9.91. The molecule has 1 aromatic rings. The smallest absolute Gasteiger partial charge is 0.163 e. The van der Waals surface area contributed by atoms with Crippen molar-refractivity contribution in [1.82, 2.24) is 0 Å². The molecule has 0 bridgehead atoms. The molecular weight excluding hydrogens is 200 g/mol. The van der Waals surface area contributed by atoms with E-state index in [9.17, 15) is 4.79 Å². The average molecular weight is 218 g/mol. The number of ketones is 1. The Hall–Kier alpha value is -0.893. The zero-order valence-corrected chi connectivity index (χ0v) is 10.8. The van der Waals surface area contributed by atoms with Gasteiger partial charge in [0, 0.05) is 12.0 Å². The van der Waals surface area contributed by atoms with Crippen LogP contribution in [-0.4, -0.2) is 13.9 Å². The summed E-state index contributed by atoms with van der Waals surface area (Å²) >= 11 is 0. The van der Waals surface area contributed by atoms with E-state index in [2.05, 4.69) is 37.8 Å². The Balaban J connectivity index is 2.62. The van der Waals surface area contributed by atoms with Crippen molar-refractivity contribution < 1.29 is 4.79 Å². The number of rotatable bonds is 1. The van der Waals surface area contributed by atoms with E-state index >= 15 is 0 Å². The summed E-state index contributed by atoms with van der Waals surface area (Å²) in [6, 6.07) is 6.40. The summed E-state index contributed by atoms with van der Waals surface area (Å²) in [5.41, 5.74) is 2.36. The first-order valence-corrected chi connectivity index (χ1v) is 9.16. The monoisotopic (exact) mass is 218 g/mol. The molecule has 15 heavy (non-hydrogen) atoms. The van der Waals surface area contributed by atoms with E-state index in [1.807, 2.05) is 0 Å². The summed E-state index contributed by atoms with van der Waals surface area (Å²) in [5, 5.41) is 1.35. The lowest BCUT2D eigenvalue weighted by molar-refractivity contribution is 0.0973. The number of Topliss-reactive ketones (excluding diaryl/α,β-unsaturated/α-hetero) is 1. The van der Waals surface area contributed by atoms with Gasteiger partial charge in [0.25, 0.3) is 0 Å². The summed E-state index contributed by atoms with van der Waals surface area (Å²) in [6.07, 6.45) is 2.86. The number of carbonyl (C=O) groups is 1. The van der Waals surface area contributed by atoms with Crippen LogP contribution in [0.4, 0.5) is 0 Å². The maximum atomic E-state index is 12.0. The van der Waals surface area contributed by atoms with E-state index in [4.69, 9.17) is 0 Å². The number of aryl methyl sites for hydroxylation is 1. The second-order valence-electron chi connectivity index (χ2n) is 5.37. The fourth-order valence-corrected chi connectivity index (χ4v) is 3.97. The van der Waals surface area contributed by atoms with Gasteiger partial charge in [0.05, 0.1) is 8.07 Å². The van der Waals surface area contributed by atoms with Gasteiger partial charge >= 0.3 is 0 Å². The van der Waals surface area contributed by atoms with Crippen LogP contribution in [0.2, 0.25) is 19.6 Å². The fraction of sp³-hybridized carbons (Fsp3) is 0.462. The summed E-state index contributed by atoms with van der Waals surface area (Å²) in [5.74, 6) is 0.370. The summed E-state index contributed by atoms with van der Waals surface area (Å²) in [6.45, 7) is 6.93. The lowest BCUT2D eigenvalue weighted by Gasteiger charge is -2.25. The fourth-order valence-electron chi connectivity index (χ4n) is 2.33. The van der Waals surface area contributed by atoms with Crippen LogP contribution in [0.3, 0.4) is 0 Å². The molecule has 2 heteroatoms. The maximum Gasteiger partial charge on any atom is 0.163 e. The molecule has 0 aromatic heterocycles. The molecule has 0 N–H and O–H groups in total. The quantitative estimate of drug-likeness (QED) is 0.662. The first kappa shape index (κ1) is 10.6. The van der Waals surface area contributed by atoms with Gasteiger partial charge in [-0.05, 0) is 23.6 Å². The molecule has 0 atom stereocenters. The van der Waals surface area contributed by atoms with Gasteiger partial charge < -0.3 is 0 Å². The number of hydrogen-bond donors (Lipinski definition) is 0. The highest BCUT2D eigenvalue weighted by atomic mass is 28.3. The zero-order chi connectivity index (χ0) is 11.1. The topological polar surface area (TPSA) is 17.1 Å². The molecule has 1 aliphatic carbocycles. The van der Waals surface area contributed by atoms with Gasteiger partial charge in [-0.15, -0.1) is 0 Å². The molecule has 1 aromatic carbocycles. The van der Waals surface area contributed by atoms with E-state index in [1.165, 1.54) is 10.8 Å². The molecule has 0 saturated heterocycles. The molecule has 1 aliphatic rings. The molecule has 0 saturated carbocycles. The van der Waals surface area contributed by atoms with Crippen molar-refractivity contribution in [1.29, 1.82) is 0 Å². The minimum Gasteiger partial charge on any atom is -0.294 e. The third-order valence-corrected chi connectivity index (χ3v) is 5.12. The van der Waals surface area contributed by atoms with Crippen LogP contribution in [0.15, 0.2) is 18.2 Å². The third-order valence-electron chi connectivity index (χ3n) is 3.09. The number of benzene rings is 1. The van der Waals surface area contributed by atoms with Crippen LogP contribution in [0.5, 0.6) is 0 Å². The molecule has 0 unspecified atom stereocenters. The highest BCUT2D eigenvalue weighted by Gasteiger charge is 2.27. The lowest BCUT2D eigenvalue weighted by Crippen LogP contribution is -2.42. The highest BCUT2D eigenvalue weighted by Crippen LogP contribution is 2.21. The van der Waals surface area contributed by atoms with Gasteiger partial charge in [-0.2, -0.15) is 0 Å². The molecule has 0 radical (unpaired) electrons. The molecule has 1 nitrogen and oxygen atoms in total. The van der Waals surface area contributed by atoms with Gasteiger partial charge in [-0.1, -0.05) is 37.8 Å². The predicted octanol–water partition coefficient (Wildman–Crippen LogP) is 2.75. The highest BCUT2D eigenvalue weighted by molar-refractivity contribution is 6.89. The van der Waals surface area contributed by atoms with Crippen LogP contribution in [-0.2, 0) is 6.42 Å². The van der Waals surface area contributed by atoms with E-state index < -0.39 is 8.07 Å². The molecule has 0 heterocycles. The Morgan fingerprint density at radius 2 is 1.87 bits per heavy atom. The van der Waals surface area contributed by atoms with Crippen LogP contribution >= 0.6 is 0 Å². The Bertz CT molecular complexity index is 401. The second-order valence-corrected chi connectivity index (χ2v) is 10.4. The first-order chi connectivity index (χ1) is 7.00. The Morgan fingerprint density at radius 3 is 2.53 bits per heavy atom. The Morgan fingerprint density at radius 1 is 1.13 bits per heavy atom. The number of hydrogen-bond acceptors (Lipinski definition) is 1. The van der Waals surface area contributed by atoms with Gasteiger partial charge in [0.15, 0.2) is 5.78 Å². The largest absolute Gasteiger partial charge is 0.294 e. The minimum absolute atomic E-state index is 0.370. The summed E-state index contributed by atoms with van der Waals surface area (Å²) in [4.78, 5) is 12.0. The van der Waals surface area contributed by atoms with Crippen LogP contribution in [0.25, 0.3) is 0 Å². The Kier molecular flexibility index (Phi) is 2.55. The van der Waals surface area contributed by atoms with Crippen molar-refractivity contribution in [2.45, 2.75) is 38.9 Å². The van der Waals surface area contributed by atoms with E-state index in [-0.39, 0.29) is 0 Å². The van der Waals surface area contributed by atoms with Crippen molar-refractivity contribution in [3.05, 3.63) is 29.3 Å². The molecule has 0 aliphatic heterocycles. The number of carbonyl (C=O) groups excluding carboxylic acids is 1. The van der Waals surface area contributed by atoms with E-state index in [1.54, 1.807) is 0 Å².